The van der Waals surface area contributed by atoms with Crippen molar-refractivity contribution in [3.63, 3.8) is 0 Å². The molecule has 3 nitrogen and oxygen atoms in total. The Bertz CT molecular complexity index is 582. The van der Waals surface area contributed by atoms with E-state index in [9.17, 15) is 4.39 Å². The third-order valence-electron chi connectivity index (χ3n) is 3.00. The summed E-state index contributed by atoms with van der Waals surface area (Å²) in [7, 11) is 0. The summed E-state index contributed by atoms with van der Waals surface area (Å²) in [6, 6.07) is 11.6. The molecule has 0 aliphatic heterocycles. The van der Waals surface area contributed by atoms with E-state index >= 15 is 0 Å². The van der Waals surface area contributed by atoms with Crippen LogP contribution in [0.25, 0.3) is 0 Å². The van der Waals surface area contributed by atoms with Crippen LogP contribution in [0.2, 0.25) is 0 Å². The number of para-hydroxylation sites is 1. The fraction of sp³-hybridized carbons (Fsp3) is 0.294. The summed E-state index contributed by atoms with van der Waals surface area (Å²) in [5.74, 6) is 1.07. The molecule has 112 valence electrons. The Labute approximate surface area is 124 Å². The van der Waals surface area contributed by atoms with Crippen LogP contribution in [0.1, 0.15) is 31.9 Å². The Morgan fingerprint density at radius 1 is 1.10 bits per heavy atom. The van der Waals surface area contributed by atoms with Crippen LogP contribution in [0, 0.1) is 5.82 Å². The summed E-state index contributed by atoms with van der Waals surface area (Å²) in [6.45, 7) is 4.51. The molecule has 0 saturated carbocycles. The van der Waals surface area contributed by atoms with Crippen molar-refractivity contribution in [2.24, 2.45) is 5.73 Å². The lowest BCUT2D eigenvalue weighted by molar-refractivity contribution is 0.317. The van der Waals surface area contributed by atoms with Gasteiger partial charge in [0, 0.05) is 11.6 Å². The van der Waals surface area contributed by atoms with Crippen LogP contribution in [0.3, 0.4) is 0 Å². The molecule has 2 aromatic carbocycles. The molecule has 0 amide bonds. The van der Waals surface area contributed by atoms with E-state index in [0.717, 1.165) is 12.2 Å². The Morgan fingerprint density at radius 2 is 1.76 bits per heavy atom. The molecule has 2 rings (SSSR count). The van der Waals surface area contributed by atoms with Gasteiger partial charge >= 0.3 is 0 Å². The standard InChI is InChI=1S/C17H20FNO2/c1-3-11-20-13-7-9-14(10-8-13)21-17-15(12(2)19)5-4-6-16(17)18/h4-10,12H,3,11,19H2,1-2H3/t12-/m1/s1. The minimum absolute atomic E-state index is 0.176. The zero-order valence-corrected chi connectivity index (χ0v) is 12.3. The molecule has 0 aliphatic carbocycles. The largest absolute Gasteiger partial charge is 0.494 e. The number of hydrogen-bond acceptors (Lipinski definition) is 3. The van der Waals surface area contributed by atoms with Gasteiger partial charge in [-0.15, -0.1) is 0 Å². The van der Waals surface area contributed by atoms with Gasteiger partial charge in [0.2, 0.25) is 0 Å². The lowest BCUT2D eigenvalue weighted by atomic mass is 10.1. The van der Waals surface area contributed by atoms with Gasteiger partial charge in [-0.1, -0.05) is 19.1 Å². The number of ether oxygens (including phenoxy) is 2. The molecule has 2 N–H and O–H groups in total. The number of hydrogen-bond donors (Lipinski definition) is 1. The van der Waals surface area contributed by atoms with Gasteiger partial charge in [0.15, 0.2) is 11.6 Å². The van der Waals surface area contributed by atoms with Crippen molar-refractivity contribution in [2.45, 2.75) is 26.3 Å². The maximum absolute atomic E-state index is 13.9. The first-order valence-electron chi connectivity index (χ1n) is 7.06. The average molecular weight is 289 g/mol. The van der Waals surface area contributed by atoms with Gasteiger partial charge in [0.05, 0.1) is 6.61 Å². The van der Waals surface area contributed by atoms with E-state index in [1.807, 2.05) is 6.92 Å². The first kappa shape index (κ1) is 15.3. The predicted molar refractivity (Wildman–Crippen MR) is 81.3 cm³/mol. The Kier molecular flexibility index (Phi) is 5.17. The normalized spacial score (nSPS) is 12.0. The third-order valence-corrected chi connectivity index (χ3v) is 3.00. The molecular formula is C17H20FNO2. The van der Waals surface area contributed by atoms with E-state index in [1.165, 1.54) is 6.07 Å². The van der Waals surface area contributed by atoms with Crippen LogP contribution in [-0.2, 0) is 0 Å². The summed E-state index contributed by atoms with van der Waals surface area (Å²) in [5.41, 5.74) is 6.49. The second-order valence-corrected chi connectivity index (χ2v) is 4.87. The molecule has 0 saturated heterocycles. The van der Waals surface area contributed by atoms with E-state index in [-0.39, 0.29) is 11.8 Å². The zero-order valence-electron chi connectivity index (χ0n) is 12.3. The Balaban J connectivity index is 2.18. The number of rotatable bonds is 6. The summed E-state index contributed by atoms with van der Waals surface area (Å²) >= 11 is 0. The second kappa shape index (κ2) is 7.09. The van der Waals surface area contributed by atoms with Crippen molar-refractivity contribution in [2.75, 3.05) is 6.61 Å². The van der Waals surface area contributed by atoms with Crippen LogP contribution in [-0.4, -0.2) is 6.61 Å². The van der Waals surface area contributed by atoms with E-state index in [2.05, 4.69) is 0 Å². The van der Waals surface area contributed by atoms with Crippen LogP contribution < -0.4 is 15.2 Å². The van der Waals surface area contributed by atoms with Gasteiger partial charge in [-0.25, -0.2) is 4.39 Å². The monoisotopic (exact) mass is 289 g/mol. The predicted octanol–water partition coefficient (Wildman–Crippen LogP) is 4.43. The molecule has 0 radical (unpaired) electrons. The lowest BCUT2D eigenvalue weighted by Gasteiger charge is -2.14. The quantitative estimate of drug-likeness (QED) is 0.855. The summed E-state index contributed by atoms with van der Waals surface area (Å²) in [5, 5.41) is 0. The molecule has 0 unspecified atom stereocenters. The second-order valence-electron chi connectivity index (χ2n) is 4.87. The summed E-state index contributed by atoms with van der Waals surface area (Å²) in [6.07, 6.45) is 0.950. The Morgan fingerprint density at radius 3 is 2.38 bits per heavy atom. The van der Waals surface area contributed by atoms with Gasteiger partial charge in [0.1, 0.15) is 11.5 Å². The molecule has 0 aromatic heterocycles. The molecule has 4 heteroatoms. The van der Waals surface area contributed by atoms with Gasteiger partial charge in [-0.2, -0.15) is 0 Å². The van der Waals surface area contributed by atoms with Crippen LogP contribution in [0.5, 0.6) is 17.2 Å². The molecule has 21 heavy (non-hydrogen) atoms. The van der Waals surface area contributed by atoms with E-state index in [1.54, 1.807) is 43.3 Å². The van der Waals surface area contributed by atoms with E-state index in [4.69, 9.17) is 15.2 Å². The van der Waals surface area contributed by atoms with Crippen molar-refractivity contribution < 1.29 is 13.9 Å². The number of nitrogens with two attached hydrogens (primary N) is 1. The highest BCUT2D eigenvalue weighted by atomic mass is 19.1. The van der Waals surface area contributed by atoms with Crippen molar-refractivity contribution >= 4 is 0 Å². The first-order valence-corrected chi connectivity index (χ1v) is 7.06. The topological polar surface area (TPSA) is 44.5 Å². The maximum atomic E-state index is 13.9. The van der Waals surface area contributed by atoms with Gasteiger partial charge in [-0.3, -0.25) is 0 Å². The number of halogens is 1. The summed E-state index contributed by atoms with van der Waals surface area (Å²) < 4.78 is 25.1. The van der Waals surface area contributed by atoms with Gasteiger partial charge in [-0.05, 0) is 43.7 Å². The zero-order chi connectivity index (χ0) is 15.2. The van der Waals surface area contributed by atoms with Crippen LogP contribution >= 0.6 is 0 Å². The minimum Gasteiger partial charge on any atom is -0.494 e. The van der Waals surface area contributed by atoms with Crippen molar-refractivity contribution in [3.8, 4) is 17.2 Å². The smallest absolute Gasteiger partial charge is 0.167 e. The van der Waals surface area contributed by atoms with E-state index in [0.29, 0.717) is 17.9 Å². The highest BCUT2D eigenvalue weighted by molar-refractivity contribution is 5.41. The van der Waals surface area contributed by atoms with Gasteiger partial charge < -0.3 is 15.2 Å². The fourth-order valence-corrected chi connectivity index (χ4v) is 1.93. The third kappa shape index (κ3) is 3.95. The van der Waals surface area contributed by atoms with Crippen LogP contribution in [0.15, 0.2) is 42.5 Å². The van der Waals surface area contributed by atoms with E-state index < -0.39 is 5.82 Å². The minimum atomic E-state index is -0.420. The fourth-order valence-electron chi connectivity index (χ4n) is 1.93. The summed E-state index contributed by atoms with van der Waals surface area (Å²) in [4.78, 5) is 0. The van der Waals surface area contributed by atoms with Crippen molar-refractivity contribution in [1.82, 2.24) is 0 Å². The highest BCUT2D eigenvalue weighted by Gasteiger charge is 2.13. The van der Waals surface area contributed by atoms with Crippen LogP contribution in [0.4, 0.5) is 4.39 Å². The SMILES string of the molecule is CCCOc1ccc(Oc2c(F)cccc2[C@@H](C)N)cc1. The van der Waals surface area contributed by atoms with Gasteiger partial charge in [0.25, 0.3) is 0 Å². The highest BCUT2D eigenvalue weighted by Crippen LogP contribution is 2.32. The van der Waals surface area contributed by atoms with Crippen molar-refractivity contribution in [3.05, 3.63) is 53.8 Å². The molecule has 1 atom stereocenters. The molecule has 0 aliphatic rings. The maximum Gasteiger partial charge on any atom is 0.167 e. The first-order chi connectivity index (χ1) is 10.1. The Hall–Kier alpha value is -2.07. The molecule has 0 fully saturated rings. The number of benzene rings is 2. The molecule has 0 spiro atoms. The molecular weight excluding hydrogens is 269 g/mol. The average Bonchev–Trinajstić information content (AvgIpc) is 2.48. The molecule has 2 aromatic rings. The van der Waals surface area contributed by atoms with Crippen molar-refractivity contribution in [1.29, 1.82) is 0 Å². The molecule has 0 heterocycles. The molecule has 0 bridgehead atoms. The lowest BCUT2D eigenvalue weighted by Crippen LogP contribution is -2.07.